The van der Waals surface area contributed by atoms with Gasteiger partial charge in [0.25, 0.3) is 0 Å². The largest absolute Gasteiger partial charge is 0.508 e. The number of likely N-dealkylation sites (N-methyl/N-ethyl adjacent to an activating group) is 1. The van der Waals surface area contributed by atoms with Crippen LogP contribution in [0.15, 0.2) is 63.9 Å². The first-order valence-electron chi connectivity index (χ1n) is 9.70. The third-order valence-corrected chi connectivity index (χ3v) is 5.21. The molecular formula is C21H24N6O2. The van der Waals surface area contributed by atoms with E-state index >= 15 is 0 Å². The SMILES string of the molecule is CN1CCN(N=Nc2ccc(C3=NC(=O)NC(c4ccccc4O)C3)cc2)CC1. The molecule has 0 aliphatic carbocycles. The van der Waals surface area contributed by atoms with Crippen molar-refractivity contribution in [1.29, 1.82) is 0 Å². The van der Waals surface area contributed by atoms with Crippen molar-refractivity contribution < 1.29 is 9.90 Å². The van der Waals surface area contributed by atoms with Gasteiger partial charge in [-0.3, -0.25) is 5.01 Å². The van der Waals surface area contributed by atoms with Gasteiger partial charge in [-0.05, 0) is 30.8 Å². The van der Waals surface area contributed by atoms with Crippen LogP contribution < -0.4 is 5.32 Å². The summed E-state index contributed by atoms with van der Waals surface area (Å²) >= 11 is 0. The third-order valence-electron chi connectivity index (χ3n) is 5.21. The number of nitrogens with zero attached hydrogens (tertiary/aromatic N) is 5. The predicted molar refractivity (Wildman–Crippen MR) is 111 cm³/mol. The number of phenolic OH excluding ortho intramolecular Hbond substituents is 1. The number of carbonyl (C=O) groups excluding carboxylic acids is 1. The van der Waals surface area contributed by atoms with Crippen LogP contribution in [0.3, 0.4) is 0 Å². The van der Waals surface area contributed by atoms with E-state index in [1.807, 2.05) is 41.4 Å². The van der Waals surface area contributed by atoms with Crippen LogP contribution in [0.5, 0.6) is 5.75 Å². The molecule has 0 radical (unpaired) electrons. The number of para-hydroxylation sites is 1. The molecule has 8 nitrogen and oxygen atoms in total. The smallest absolute Gasteiger partial charge is 0.341 e. The van der Waals surface area contributed by atoms with Gasteiger partial charge >= 0.3 is 6.03 Å². The van der Waals surface area contributed by atoms with Crippen LogP contribution in [-0.4, -0.2) is 60.0 Å². The van der Waals surface area contributed by atoms with E-state index < -0.39 is 6.03 Å². The van der Waals surface area contributed by atoms with E-state index in [0.717, 1.165) is 37.4 Å². The number of benzene rings is 2. The average molecular weight is 392 g/mol. The normalized spacial score (nSPS) is 20.6. The molecule has 1 atom stereocenters. The average Bonchev–Trinajstić information content (AvgIpc) is 2.73. The number of nitrogens with one attached hydrogen (secondary N) is 1. The van der Waals surface area contributed by atoms with Gasteiger partial charge in [-0.15, -0.1) is 5.11 Å². The summed E-state index contributed by atoms with van der Waals surface area (Å²) in [5, 5.41) is 23.5. The van der Waals surface area contributed by atoms with Crippen molar-refractivity contribution in [1.82, 2.24) is 15.2 Å². The number of carbonyl (C=O) groups is 1. The molecule has 2 N–H and O–H groups in total. The van der Waals surface area contributed by atoms with Gasteiger partial charge in [-0.25, -0.2) is 4.79 Å². The third kappa shape index (κ3) is 4.60. The highest BCUT2D eigenvalue weighted by molar-refractivity contribution is 6.08. The molecule has 2 aliphatic heterocycles. The number of aromatic hydroxyl groups is 1. The maximum atomic E-state index is 12.1. The second-order valence-corrected chi connectivity index (χ2v) is 7.32. The highest BCUT2D eigenvalue weighted by atomic mass is 16.3. The van der Waals surface area contributed by atoms with Crippen LogP contribution in [0, 0.1) is 0 Å². The Bertz CT molecular complexity index is 932. The monoisotopic (exact) mass is 392 g/mol. The Kier molecular flexibility index (Phi) is 5.53. The van der Waals surface area contributed by atoms with Crippen LogP contribution in [0.1, 0.15) is 23.6 Å². The van der Waals surface area contributed by atoms with Crippen LogP contribution in [0.2, 0.25) is 0 Å². The molecule has 8 heteroatoms. The molecule has 1 fully saturated rings. The Morgan fingerprint density at radius 2 is 1.79 bits per heavy atom. The lowest BCUT2D eigenvalue weighted by Crippen LogP contribution is -2.41. The number of amides is 2. The van der Waals surface area contributed by atoms with Crippen molar-refractivity contribution in [3.8, 4) is 5.75 Å². The fourth-order valence-corrected chi connectivity index (χ4v) is 3.47. The van der Waals surface area contributed by atoms with Crippen LogP contribution in [-0.2, 0) is 0 Å². The minimum atomic E-state index is -0.404. The van der Waals surface area contributed by atoms with Gasteiger partial charge in [0.05, 0.1) is 30.5 Å². The molecule has 0 saturated carbocycles. The van der Waals surface area contributed by atoms with Gasteiger partial charge in [0.2, 0.25) is 0 Å². The summed E-state index contributed by atoms with van der Waals surface area (Å²) in [5.41, 5.74) is 2.99. The highest BCUT2D eigenvalue weighted by Crippen LogP contribution is 2.30. The topological polar surface area (TPSA) is 92.9 Å². The van der Waals surface area contributed by atoms with E-state index in [0.29, 0.717) is 17.7 Å². The van der Waals surface area contributed by atoms with Gasteiger partial charge in [0.15, 0.2) is 0 Å². The number of aliphatic imine (C=N–C) groups is 1. The highest BCUT2D eigenvalue weighted by Gasteiger charge is 2.25. The van der Waals surface area contributed by atoms with E-state index in [9.17, 15) is 9.90 Å². The van der Waals surface area contributed by atoms with Gasteiger partial charge in [-0.1, -0.05) is 35.6 Å². The molecule has 2 aromatic rings. The number of phenols is 1. The lowest BCUT2D eigenvalue weighted by molar-refractivity contribution is 0.150. The summed E-state index contributed by atoms with van der Waals surface area (Å²) in [6, 6.07) is 13.9. The van der Waals surface area contributed by atoms with Crippen molar-refractivity contribution >= 4 is 17.4 Å². The molecule has 2 aromatic carbocycles. The van der Waals surface area contributed by atoms with Crippen molar-refractivity contribution in [2.75, 3.05) is 33.2 Å². The van der Waals surface area contributed by atoms with Crippen molar-refractivity contribution in [3.63, 3.8) is 0 Å². The van der Waals surface area contributed by atoms with Gasteiger partial charge in [0, 0.05) is 25.1 Å². The first kappa shape index (κ1) is 19.1. The standard InChI is InChI=1S/C21H24N6O2/c1-26-10-12-27(13-11-26)25-24-16-8-6-15(7-9-16)18-14-19(23-21(29)22-18)17-4-2-3-5-20(17)28/h2-9,19,28H,10-14H2,1H3,(H,23,29). The Morgan fingerprint density at radius 3 is 2.52 bits per heavy atom. The lowest BCUT2D eigenvalue weighted by atomic mass is 9.95. The minimum Gasteiger partial charge on any atom is -0.508 e. The Labute approximate surface area is 169 Å². The van der Waals surface area contributed by atoms with Crippen LogP contribution in [0.4, 0.5) is 10.5 Å². The van der Waals surface area contributed by atoms with E-state index in [1.165, 1.54) is 0 Å². The molecular weight excluding hydrogens is 368 g/mol. The summed E-state index contributed by atoms with van der Waals surface area (Å²) in [7, 11) is 2.10. The first-order chi connectivity index (χ1) is 14.1. The zero-order valence-corrected chi connectivity index (χ0v) is 16.3. The fourth-order valence-electron chi connectivity index (χ4n) is 3.47. The number of hydrogen-bond donors (Lipinski definition) is 2. The molecule has 2 aliphatic rings. The van der Waals surface area contributed by atoms with Gasteiger partial charge in [-0.2, -0.15) is 4.99 Å². The quantitative estimate of drug-likeness (QED) is 0.781. The predicted octanol–water partition coefficient (Wildman–Crippen LogP) is 3.28. The molecule has 0 spiro atoms. The van der Waals surface area contributed by atoms with E-state index in [1.54, 1.807) is 12.1 Å². The summed E-state index contributed by atoms with van der Waals surface area (Å²) < 4.78 is 0. The molecule has 29 heavy (non-hydrogen) atoms. The number of urea groups is 1. The van der Waals surface area contributed by atoms with E-state index in [-0.39, 0.29) is 11.8 Å². The Hall–Kier alpha value is -3.26. The lowest BCUT2D eigenvalue weighted by Gasteiger charge is -2.29. The zero-order chi connectivity index (χ0) is 20.2. The van der Waals surface area contributed by atoms with Crippen molar-refractivity contribution in [2.24, 2.45) is 15.3 Å². The minimum absolute atomic E-state index is 0.165. The summed E-state index contributed by atoms with van der Waals surface area (Å²) in [6.45, 7) is 3.71. The molecule has 1 unspecified atom stereocenters. The van der Waals surface area contributed by atoms with E-state index in [4.69, 9.17) is 0 Å². The summed E-state index contributed by atoms with van der Waals surface area (Å²) in [4.78, 5) is 18.5. The molecule has 2 heterocycles. The molecule has 0 bridgehead atoms. The second-order valence-electron chi connectivity index (χ2n) is 7.32. The zero-order valence-electron chi connectivity index (χ0n) is 16.3. The Balaban J connectivity index is 1.45. The molecule has 1 saturated heterocycles. The van der Waals surface area contributed by atoms with Crippen molar-refractivity contribution in [2.45, 2.75) is 12.5 Å². The first-order valence-corrected chi connectivity index (χ1v) is 9.70. The van der Waals surface area contributed by atoms with Crippen LogP contribution in [0.25, 0.3) is 0 Å². The second kappa shape index (κ2) is 8.40. The number of rotatable bonds is 4. The summed E-state index contributed by atoms with van der Waals surface area (Å²) in [6.07, 6.45) is 0.505. The molecule has 2 amide bonds. The number of piperazine rings is 1. The van der Waals surface area contributed by atoms with Crippen molar-refractivity contribution in [3.05, 3.63) is 59.7 Å². The molecule has 0 aromatic heterocycles. The molecule has 4 rings (SSSR count). The molecule has 150 valence electrons. The number of hydrogen-bond acceptors (Lipinski definition) is 5. The maximum Gasteiger partial charge on any atom is 0.341 e. The fraction of sp³-hybridized carbons (Fsp3) is 0.333. The maximum absolute atomic E-state index is 12.1. The Morgan fingerprint density at radius 1 is 1.07 bits per heavy atom. The van der Waals surface area contributed by atoms with Gasteiger partial charge < -0.3 is 15.3 Å². The van der Waals surface area contributed by atoms with Gasteiger partial charge in [0.1, 0.15) is 5.75 Å². The summed E-state index contributed by atoms with van der Waals surface area (Å²) in [5.74, 6) is 0.165. The van der Waals surface area contributed by atoms with E-state index in [2.05, 4.69) is 32.6 Å². The van der Waals surface area contributed by atoms with Crippen LogP contribution >= 0.6 is 0 Å².